The van der Waals surface area contributed by atoms with Crippen LogP contribution >= 0.6 is 0 Å². The first kappa shape index (κ1) is 13.8. The van der Waals surface area contributed by atoms with Crippen molar-refractivity contribution in [2.24, 2.45) is 11.8 Å². The molecule has 1 atom stereocenters. The van der Waals surface area contributed by atoms with Crippen LogP contribution in [0.2, 0.25) is 0 Å². The van der Waals surface area contributed by atoms with E-state index in [0.29, 0.717) is 18.4 Å². The van der Waals surface area contributed by atoms with Gasteiger partial charge in [0.15, 0.2) is 0 Å². The van der Waals surface area contributed by atoms with E-state index < -0.39 is 5.54 Å². The van der Waals surface area contributed by atoms with Crippen molar-refractivity contribution in [3.63, 3.8) is 0 Å². The third-order valence-electron chi connectivity index (χ3n) is 4.43. The van der Waals surface area contributed by atoms with Crippen molar-refractivity contribution in [1.29, 1.82) is 0 Å². The Morgan fingerprint density at radius 1 is 1.28 bits per heavy atom. The average molecular weight is 255 g/mol. The summed E-state index contributed by atoms with van der Waals surface area (Å²) in [5.74, 6) is 0.883. The molecule has 4 heteroatoms. The van der Waals surface area contributed by atoms with Gasteiger partial charge in [0.2, 0.25) is 0 Å². The molecule has 1 unspecified atom stereocenters. The van der Waals surface area contributed by atoms with Gasteiger partial charge in [-0.15, -0.1) is 0 Å². The third-order valence-corrected chi connectivity index (χ3v) is 4.43. The molecule has 0 heterocycles. The summed E-state index contributed by atoms with van der Waals surface area (Å²) in [6, 6.07) is 0. The normalized spacial score (nSPS) is 23.9. The molecule has 0 aromatic rings. The molecule has 1 N–H and O–H groups in total. The monoisotopic (exact) mass is 255 g/mol. The van der Waals surface area contributed by atoms with Crippen molar-refractivity contribution < 1.29 is 14.3 Å². The van der Waals surface area contributed by atoms with E-state index in [4.69, 9.17) is 9.47 Å². The highest BCUT2D eigenvalue weighted by Gasteiger charge is 2.51. The molecule has 0 saturated heterocycles. The summed E-state index contributed by atoms with van der Waals surface area (Å²) in [5, 5.41) is 3.15. The number of nitrogens with one attached hydrogen (secondary N) is 1. The van der Waals surface area contributed by atoms with Gasteiger partial charge >= 0.3 is 5.97 Å². The summed E-state index contributed by atoms with van der Waals surface area (Å²) in [6.45, 7) is 1.23. The van der Waals surface area contributed by atoms with Gasteiger partial charge in [0.1, 0.15) is 5.54 Å². The van der Waals surface area contributed by atoms with Crippen molar-refractivity contribution in [3.8, 4) is 0 Å². The van der Waals surface area contributed by atoms with E-state index in [-0.39, 0.29) is 5.97 Å². The maximum Gasteiger partial charge on any atom is 0.328 e. The molecule has 2 saturated carbocycles. The second-order valence-electron chi connectivity index (χ2n) is 5.65. The summed E-state index contributed by atoms with van der Waals surface area (Å²) in [6.07, 6.45) is 7.36. The molecular formula is C14H25NO3. The number of methoxy groups -OCH3 is 1. The predicted molar refractivity (Wildman–Crippen MR) is 69.3 cm³/mol. The number of rotatable bonds is 7. The first-order valence-corrected chi connectivity index (χ1v) is 7.08. The largest absolute Gasteiger partial charge is 0.468 e. The molecule has 4 nitrogen and oxygen atoms in total. The van der Waals surface area contributed by atoms with Crippen LogP contribution in [0, 0.1) is 11.8 Å². The average Bonchev–Trinajstić information content (AvgIpc) is 3.12. The number of hydrogen-bond acceptors (Lipinski definition) is 4. The van der Waals surface area contributed by atoms with Gasteiger partial charge in [0.25, 0.3) is 0 Å². The quantitative estimate of drug-likeness (QED) is 0.704. The molecule has 0 amide bonds. The summed E-state index contributed by atoms with van der Waals surface area (Å²) < 4.78 is 10.8. The number of carbonyl (C=O) groups excluding carboxylic acids is 1. The number of esters is 1. The summed E-state index contributed by atoms with van der Waals surface area (Å²) in [4.78, 5) is 12.0. The zero-order valence-electron chi connectivity index (χ0n) is 11.5. The zero-order chi connectivity index (χ0) is 13.0. The van der Waals surface area contributed by atoms with Crippen LogP contribution in [0.25, 0.3) is 0 Å². The van der Waals surface area contributed by atoms with E-state index in [1.807, 2.05) is 7.05 Å². The number of ether oxygens (including phenoxy) is 2. The Morgan fingerprint density at radius 3 is 2.44 bits per heavy atom. The van der Waals surface area contributed by atoms with E-state index >= 15 is 0 Å². The van der Waals surface area contributed by atoms with Crippen LogP contribution in [0.15, 0.2) is 0 Å². The Kier molecular flexibility index (Phi) is 4.62. The minimum absolute atomic E-state index is 0.182. The van der Waals surface area contributed by atoms with Crippen LogP contribution in [0.1, 0.15) is 38.5 Å². The molecule has 2 fully saturated rings. The Balaban J connectivity index is 1.86. The molecular weight excluding hydrogens is 230 g/mol. The van der Waals surface area contributed by atoms with E-state index in [0.717, 1.165) is 19.4 Å². The van der Waals surface area contributed by atoms with Crippen molar-refractivity contribution in [2.75, 3.05) is 27.4 Å². The van der Waals surface area contributed by atoms with Gasteiger partial charge in [0, 0.05) is 6.61 Å². The smallest absolute Gasteiger partial charge is 0.328 e. The SMILES string of the molecule is CNC(COCC1CCCC1)(C(=O)OC)C1CC1. The molecule has 0 bridgehead atoms. The van der Waals surface area contributed by atoms with Crippen molar-refractivity contribution in [1.82, 2.24) is 5.32 Å². The second-order valence-corrected chi connectivity index (χ2v) is 5.65. The fourth-order valence-electron chi connectivity index (χ4n) is 3.04. The molecule has 0 aromatic carbocycles. The lowest BCUT2D eigenvalue weighted by Gasteiger charge is -2.30. The van der Waals surface area contributed by atoms with E-state index in [1.54, 1.807) is 0 Å². The van der Waals surface area contributed by atoms with Crippen LogP contribution in [0.4, 0.5) is 0 Å². The highest BCUT2D eigenvalue weighted by Crippen LogP contribution is 2.40. The van der Waals surface area contributed by atoms with Gasteiger partial charge in [-0.25, -0.2) is 4.79 Å². The summed E-state index contributed by atoms with van der Waals surface area (Å²) in [7, 11) is 3.28. The first-order chi connectivity index (χ1) is 8.73. The van der Waals surface area contributed by atoms with Gasteiger partial charge in [-0.3, -0.25) is 0 Å². The maximum atomic E-state index is 12.0. The first-order valence-electron chi connectivity index (χ1n) is 7.08. The highest BCUT2D eigenvalue weighted by atomic mass is 16.5. The molecule has 104 valence electrons. The lowest BCUT2D eigenvalue weighted by molar-refractivity contribution is -0.153. The third kappa shape index (κ3) is 2.86. The highest BCUT2D eigenvalue weighted by molar-refractivity contribution is 5.82. The van der Waals surface area contributed by atoms with E-state index in [9.17, 15) is 4.79 Å². The van der Waals surface area contributed by atoms with Crippen molar-refractivity contribution >= 4 is 5.97 Å². The lowest BCUT2D eigenvalue weighted by Crippen LogP contribution is -2.56. The standard InChI is InChI=1S/C14H25NO3/c1-15-14(12-7-8-12,13(16)17-2)10-18-9-11-5-3-4-6-11/h11-12,15H,3-10H2,1-2H3. The van der Waals surface area contributed by atoms with Crippen LogP contribution in [-0.4, -0.2) is 38.9 Å². The van der Waals surface area contributed by atoms with Crippen LogP contribution in [-0.2, 0) is 14.3 Å². The molecule has 2 aliphatic carbocycles. The predicted octanol–water partition coefficient (Wildman–Crippen LogP) is 1.73. The van der Waals surface area contributed by atoms with Gasteiger partial charge in [-0.2, -0.15) is 0 Å². The minimum Gasteiger partial charge on any atom is -0.468 e. The van der Waals surface area contributed by atoms with Crippen LogP contribution in [0.5, 0.6) is 0 Å². The molecule has 0 spiro atoms. The Hall–Kier alpha value is -0.610. The number of carbonyl (C=O) groups is 1. The van der Waals surface area contributed by atoms with Crippen LogP contribution < -0.4 is 5.32 Å². The van der Waals surface area contributed by atoms with Gasteiger partial charge < -0.3 is 14.8 Å². The molecule has 0 radical (unpaired) electrons. The van der Waals surface area contributed by atoms with Crippen molar-refractivity contribution in [3.05, 3.63) is 0 Å². The van der Waals surface area contributed by atoms with E-state index in [1.165, 1.54) is 32.8 Å². The Labute approximate surface area is 109 Å². The lowest BCUT2D eigenvalue weighted by atomic mass is 9.94. The number of likely N-dealkylation sites (N-methyl/N-ethyl adjacent to an activating group) is 1. The van der Waals surface area contributed by atoms with Crippen LogP contribution in [0.3, 0.4) is 0 Å². The Morgan fingerprint density at radius 2 is 1.94 bits per heavy atom. The van der Waals surface area contributed by atoms with Crippen molar-refractivity contribution in [2.45, 2.75) is 44.1 Å². The number of hydrogen-bond donors (Lipinski definition) is 1. The maximum absolute atomic E-state index is 12.0. The van der Waals surface area contributed by atoms with Gasteiger partial charge in [-0.1, -0.05) is 12.8 Å². The fraction of sp³-hybridized carbons (Fsp3) is 0.929. The molecule has 2 rings (SSSR count). The summed E-state index contributed by atoms with van der Waals surface area (Å²) >= 11 is 0. The molecule has 18 heavy (non-hydrogen) atoms. The topological polar surface area (TPSA) is 47.6 Å². The van der Waals surface area contributed by atoms with Gasteiger partial charge in [-0.05, 0) is 44.6 Å². The minimum atomic E-state index is -0.618. The molecule has 2 aliphatic rings. The van der Waals surface area contributed by atoms with Gasteiger partial charge in [0.05, 0.1) is 13.7 Å². The molecule has 0 aliphatic heterocycles. The second kappa shape index (κ2) is 6.02. The summed E-state index contributed by atoms with van der Waals surface area (Å²) in [5.41, 5.74) is -0.618. The van der Waals surface area contributed by atoms with E-state index in [2.05, 4.69) is 5.32 Å². The fourth-order valence-corrected chi connectivity index (χ4v) is 3.04. The zero-order valence-corrected chi connectivity index (χ0v) is 11.5. The molecule has 0 aromatic heterocycles. The Bertz CT molecular complexity index is 285.